The molecule has 18 heavy (non-hydrogen) atoms. The van der Waals surface area contributed by atoms with Crippen LogP contribution in [0.2, 0.25) is 0 Å². The van der Waals surface area contributed by atoms with E-state index >= 15 is 0 Å². The van der Waals surface area contributed by atoms with E-state index in [2.05, 4.69) is 40.3 Å². The van der Waals surface area contributed by atoms with E-state index in [4.69, 9.17) is 5.73 Å². The van der Waals surface area contributed by atoms with Crippen LogP contribution in [0, 0.1) is 0 Å². The Bertz CT molecular complexity index is 544. The molecular weight excluding hydrogens is 224 g/mol. The molecule has 0 aliphatic carbocycles. The Morgan fingerprint density at radius 1 is 1.28 bits per heavy atom. The maximum Gasteiger partial charge on any atom is 0.126 e. The molecule has 0 bridgehead atoms. The van der Waals surface area contributed by atoms with Crippen molar-refractivity contribution in [3.63, 3.8) is 0 Å². The highest BCUT2D eigenvalue weighted by Gasteiger charge is 2.22. The summed E-state index contributed by atoms with van der Waals surface area (Å²) in [6.45, 7) is 2.94. The van der Waals surface area contributed by atoms with Crippen molar-refractivity contribution in [1.29, 1.82) is 0 Å². The summed E-state index contributed by atoms with van der Waals surface area (Å²) >= 11 is 0. The lowest BCUT2D eigenvalue weighted by Crippen LogP contribution is -2.30. The molecule has 4 heteroatoms. The number of anilines is 1. The van der Waals surface area contributed by atoms with Crippen LogP contribution in [-0.2, 0) is 26.6 Å². The van der Waals surface area contributed by atoms with E-state index in [9.17, 15) is 0 Å². The standard InChI is InChI=1S/C14H18N4/c1-17-14(15)12-10-18(8-7-13(12)16-17)9-11-5-3-2-4-6-11/h2-6H,7-10,15H2,1H3. The summed E-state index contributed by atoms with van der Waals surface area (Å²) in [7, 11) is 1.91. The maximum atomic E-state index is 6.05. The van der Waals surface area contributed by atoms with Crippen LogP contribution in [0.3, 0.4) is 0 Å². The van der Waals surface area contributed by atoms with Crippen molar-refractivity contribution in [3.8, 4) is 0 Å². The van der Waals surface area contributed by atoms with Crippen molar-refractivity contribution < 1.29 is 0 Å². The number of hydrogen-bond donors (Lipinski definition) is 1. The third-order valence-electron chi connectivity index (χ3n) is 3.57. The van der Waals surface area contributed by atoms with Gasteiger partial charge < -0.3 is 5.73 Å². The highest BCUT2D eigenvalue weighted by molar-refractivity contribution is 5.44. The molecule has 1 aliphatic rings. The summed E-state index contributed by atoms with van der Waals surface area (Å²) in [6.07, 6.45) is 0.993. The molecule has 0 unspecified atom stereocenters. The number of fused-ring (bicyclic) bond motifs is 1. The Morgan fingerprint density at radius 3 is 2.83 bits per heavy atom. The first-order valence-electron chi connectivity index (χ1n) is 6.30. The van der Waals surface area contributed by atoms with E-state index < -0.39 is 0 Å². The number of nitrogens with two attached hydrogens (primary N) is 1. The zero-order valence-corrected chi connectivity index (χ0v) is 10.6. The minimum atomic E-state index is 0.808. The highest BCUT2D eigenvalue weighted by atomic mass is 15.3. The van der Waals surface area contributed by atoms with Crippen LogP contribution in [0.1, 0.15) is 16.8 Å². The molecule has 0 radical (unpaired) electrons. The predicted octanol–water partition coefficient (Wildman–Crippen LogP) is 1.56. The molecule has 2 aromatic rings. The Kier molecular flexibility index (Phi) is 2.80. The van der Waals surface area contributed by atoms with E-state index in [0.29, 0.717) is 0 Å². The molecule has 1 aromatic heterocycles. The monoisotopic (exact) mass is 242 g/mol. The van der Waals surface area contributed by atoms with E-state index in [1.807, 2.05) is 7.05 Å². The number of rotatable bonds is 2. The summed E-state index contributed by atoms with van der Waals surface area (Å²) in [5, 5.41) is 4.46. The van der Waals surface area contributed by atoms with Crippen molar-refractivity contribution in [3.05, 3.63) is 47.2 Å². The molecule has 0 atom stereocenters. The topological polar surface area (TPSA) is 47.1 Å². The van der Waals surface area contributed by atoms with Gasteiger partial charge in [0.25, 0.3) is 0 Å². The average molecular weight is 242 g/mol. The molecule has 1 aliphatic heterocycles. The molecule has 1 aromatic carbocycles. The molecule has 0 saturated heterocycles. The van der Waals surface area contributed by atoms with Gasteiger partial charge in [0.1, 0.15) is 5.82 Å². The normalized spacial score (nSPS) is 15.6. The fourth-order valence-corrected chi connectivity index (χ4v) is 2.55. The lowest BCUT2D eigenvalue weighted by molar-refractivity contribution is 0.245. The van der Waals surface area contributed by atoms with Crippen LogP contribution < -0.4 is 5.73 Å². The Labute approximate surface area is 107 Å². The molecular formula is C14H18N4. The second kappa shape index (κ2) is 4.46. The Hall–Kier alpha value is -1.81. The number of nitrogen functional groups attached to an aromatic ring is 1. The van der Waals surface area contributed by atoms with Crippen molar-refractivity contribution in [2.24, 2.45) is 7.05 Å². The quantitative estimate of drug-likeness (QED) is 0.869. The molecule has 0 fully saturated rings. The van der Waals surface area contributed by atoms with E-state index in [1.165, 1.54) is 16.8 Å². The molecule has 2 heterocycles. The smallest absolute Gasteiger partial charge is 0.126 e. The van der Waals surface area contributed by atoms with Gasteiger partial charge in [-0.05, 0) is 5.56 Å². The lowest BCUT2D eigenvalue weighted by atomic mass is 10.1. The summed E-state index contributed by atoms with van der Waals surface area (Å²) in [4.78, 5) is 2.43. The molecule has 94 valence electrons. The third kappa shape index (κ3) is 1.99. The third-order valence-corrected chi connectivity index (χ3v) is 3.57. The first-order chi connectivity index (χ1) is 8.74. The number of aryl methyl sites for hydroxylation is 1. The average Bonchev–Trinajstić information content (AvgIpc) is 2.67. The summed E-state index contributed by atoms with van der Waals surface area (Å²) in [5.74, 6) is 0.808. The van der Waals surface area contributed by atoms with Crippen molar-refractivity contribution in [1.82, 2.24) is 14.7 Å². The summed E-state index contributed by atoms with van der Waals surface area (Å²) < 4.78 is 1.79. The first-order valence-corrected chi connectivity index (χ1v) is 6.30. The highest BCUT2D eigenvalue weighted by Crippen LogP contribution is 2.24. The number of benzene rings is 1. The Morgan fingerprint density at radius 2 is 2.06 bits per heavy atom. The van der Waals surface area contributed by atoms with Crippen LogP contribution in [0.5, 0.6) is 0 Å². The van der Waals surface area contributed by atoms with Gasteiger partial charge in [0, 0.05) is 38.7 Å². The molecule has 0 saturated carbocycles. The second-order valence-electron chi connectivity index (χ2n) is 4.88. The zero-order valence-electron chi connectivity index (χ0n) is 10.6. The Balaban J connectivity index is 1.77. The van der Waals surface area contributed by atoms with Gasteiger partial charge in [0.05, 0.1) is 5.69 Å². The van der Waals surface area contributed by atoms with Gasteiger partial charge in [0.2, 0.25) is 0 Å². The van der Waals surface area contributed by atoms with Crippen molar-refractivity contribution in [2.75, 3.05) is 12.3 Å². The largest absolute Gasteiger partial charge is 0.384 e. The van der Waals surface area contributed by atoms with Crippen molar-refractivity contribution >= 4 is 5.82 Å². The fraction of sp³-hybridized carbons (Fsp3) is 0.357. The molecule has 2 N–H and O–H groups in total. The zero-order chi connectivity index (χ0) is 12.5. The molecule has 0 spiro atoms. The maximum absolute atomic E-state index is 6.05. The van der Waals surface area contributed by atoms with Gasteiger partial charge in [0.15, 0.2) is 0 Å². The molecule has 0 amide bonds. The van der Waals surface area contributed by atoms with Crippen LogP contribution in [-0.4, -0.2) is 21.2 Å². The van der Waals surface area contributed by atoms with Gasteiger partial charge >= 0.3 is 0 Å². The fourth-order valence-electron chi connectivity index (χ4n) is 2.55. The van der Waals surface area contributed by atoms with Gasteiger partial charge in [-0.15, -0.1) is 0 Å². The molecule has 3 rings (SSSR count). The number of nitrogens with zero attached hydrogens (tertiary/aromatic N) is 3. The van der Waals surface area contributed by atoms with E-state index in [0.717, 1.165) is 31.9 Å². The van der Waals surface area contributed by atoms with E-state index in [1.54, 1.807) is 4.68 Å². The minimum Gasteiger partial charge on any atom is -0.384 e. The van der Waals surface area contributed by atoms with Gasteiger partial charge in [-0.3, -0.25) is 9.58 Å². The molecule has 4 nitrogen and oxygen atoms in total. The SMILES string of the molecule is Cn1nc2c(c1N)CN(Cc1ccccc1)CC2. The second-order valence-corrected chi connectivity index (χ2v) is 4.88. The van der Waals surface area contributed by atoms with Crippen LogP contribution in [0.15, 0.2) is 30.3 Å². The van der Waals surface area contributed by atoms with Crippen LogP contribution >= 0.6 is 0 Å². The van der Waals surface area contributed by atoms with Gasteiger partial charge in [-0.1, -0.05) is 30.3 Å². The lowest BCUT2D eigenvalue weighted by Gasteiger charge is -2.26. The predicted molar refractivity (Wildman–Crippen MR) is 71.9 cm³/mol. The number of aromatic nitrogens is 2. The minimum absolute atomic E-state index is 0.808. The number of hydrogen-bond acceptors (Lipinski definition) is 3. The first kappa shape index (κ1) is 11.3. The van der Waals surface area contributed by atoms with Gasteiger partial charge in [-0.2, -0.15) is 5.10 Å². The van der Waals surface area contributed by atoms with Crippen molar-refractivity contribution in [2.45, 2.75) is 19.5 Å². The summed E-state index contributed by atoms with van der Waals surface area (Å²) in [6, 6.07) is 10.6. The van der Waals surface area contributed by atoms with Gasteiger partial charge in [-0.25, -0.2) is 0 Å². The van der Waals surface area contributed by atoms with Crippen LogP contribution in [0.25, 0.3) is 0 Å². The van der Waals surface area contributed by atoms with Crippen LogP contribution in [0.4, 0.5) is 5.82 Å². The van der Waals surface area contributed by atoms with E-state index in [-0.39, 0.29) is 0 Å². The summed E-state index contributed by atoms with van der Waals surface area (Å²) in [5.41, 5.74) is 9.78.